The molecule has 0 unspecified atom stereocenters. The van der Waals surface area contributed by atoms with Gasteiger partial charge in [-0.15, -0.1) is 11.3 Å². The molecule has 0 atom stereocenters. The van der Waals surface area contributed by atoms with Gasteiger partial charge in [0.05, 0.1) is 22.7 Å². The third kappa shape index (κ3) is 3.10. The number of rotatable bonds is 3. The predicted molar refractivity (Wildman–Crippen MR) is 115 cm³/mol. The first-order chi connectivity index (χ1) is 14.3. The van der Waals surface area contributed by atoms with Crippen molar-refractivity contribution in [3.63, 3.8) is 0 Å². The lowest BCUT2D eigenvalue weighted by Crippen LogP contribution is -2.35. The molecule has 3 heterocycles. The third-order valence-electron chi connectivity index (χ3n) is 5.40. The lowest BCUT2D eigenvalue weighted by Gasteiger charge is -2.25. The van der Waals surface area contributed by atoms with Crippen molar-refractivity contribution in [1.29, 1.82) is 0 Å². The van der Waals surface area contributed by atoms with Gasteiger partial charge in [-0.2, -0.15) is 4.31 Å². The summed E-state index contributed by atoms with van der Waals surface area (Å²) in [4.78, 5) is 17.5. The van der Waals surface area contributed by atoms with Crippen LogP contribution in [-0.2, 0) is 30.0 Å². The van der Waals surface area contributed by atoms with Gasteiger partial charge in [-0.1, -0.05) is 29.8 Å². The van der Waals surface area contributed by atoms with E-state index in [1.54, 1.807) is 13.1 Å². The molecular formula is C21H19N3O4S2. The molecule has 4 aromatic rings. The molecule has 9 heteroatoms. The maximum Gasteiger partial charge on any atom is 0.419 e. The Balaban J connectivity index is 1.46. The van der Waals surface area contributed by atoms with Gasteiger partial charge < -0.3 is 4.42 Å². The first kappa shape index (κ1) is 19.2. The number of hydrogen-bond donors (Lipinski definition) is 0. The smallest absolute Gasteiger partial charge is 0.408 e. The SMILES string of the molecule is Cc1ccc(-c2nc3c(s2)CN(S(=O)(=O)c2ccc4c(c2)oc(=O)n4C)CC3)cc1. The van der Waals surface area contributed by atoms with Crippen LogP contribution >= 0.6 is 11.3 Å². The number of benzene rings is 2. The molecular weight excluding hydrogens is 422 g/mol. The predicted octanol–water partition coefficient (Wildman–Crippen LogP) is 3.31. The minimum Gasteiger partial charge on any atom is -0.408 e. The van der Waals surface area contributed by atoms with Crippen LogP contribution in [0.5, 0.6) is 0 Å². The molecule has 2 aromatic heterocycles. The van der Waals surface area contributed by atoms with E-state index in [4.69, 9.17) is 9.40 Å². The number of thiazole rings is 1. The highest BCUT2D eigenvalue weighted by Crippen LogP contribution is 2.34. The highest BCUT2D eigenvalue weighted by atomic mass is 32.2. The number of fused-ring (bicyclic) bond motifs is 2. The quantitative estimate of drug-likeness (QED) is 0.487. The van der Waals surface area contributed by atoms with Gasteiger partial charge in [-0.25, -0.2) is 18.2 Å². The molecule has 0 amide bonds. The Hall–Kier alpha value is -2.75. The van der Waals surface area contributed by atoms with Gasteiger partial charge in [0.15, 0.2) is 5.58 Å². The summed E-state index contributed by atoms with van der Waals surface area (Å²) in [5, 5.41) is 0.909. The zero-order valence-corrected chi connectivity index (χ0v) is 18.1. The molecule has 0 saturated heterocycles. The second kappa shape index (κ2) is 6.90. The summed E-state index contributed by atoms with van der Waals surface area (Å²) in [6.45, 7) is 2.69. The van der Waals surface area contributed by atoms with E-state index in [1.165, 1.54) is 37.9 Å². The molecule has 1 aliphatic rings. The Morgan fingerprint density at radius 1 is 1.13 bits per heavy atom. The number of hydrogen-bond acceptors (Lipinski definition) is 6. The Morgan fingerprint density at radius 3 is 2.67 bits per heavy atom. The second-order valence-corrected chi connectivity index (χ2v) is 10.4. The third-order valence-corrected chi connectivity index (χ3v) is 8.37. The van der Waals surface area contributed by atoms with E-state index >= 15 is 0 Å². The average molecular weight is 442 g/mol. The van der Waals surface area contributed by atoms with Crippen LogP contribution in [-0.4, -0.2) is 28.8 Å². The summed E-state index contributed by atoms with van der Waals surface area (Å²) in [6, 6.07) is 12.7. The molecule has 7 nitrogen and oxygen atoms in total. The fraction of sp³-hybridized carbons (Fsp3) is 0.238. The van der Waals surface area contributed by atoms with Crippen molar-refractivity contribution in [2.24, 2.45) is 7.05 Å². The van der Waals surface area contributed by atoms with Crippen molar-refractivity contribution in [2.45, 2.75) is 24.8 Å². The average Bonchev–Trinajstić information content (AvgIpc) is 3.28. The van der Waals surface area contributed by atoms with Crippen molar-refractivity contribution in [3.8, 4) is 10.6 Å². The van der Waals surface area contributed by atoms with Gasteiger partial charge in [0, 0.05) is 36.5 Å². The topological polar surface area (TPSA) is 85.4 Å². The molecule has 154 valence electrons. The molecule has 0 fully saturated rings. The Bertz CT molecular complexity index is 1430. The van der Waals surface area contributed by atoms with Gasteiger partial charge in [-0.05, 0) is 19.1 Å². The molecule has 0 radical (unpaired) electrons. The summed E-state index contributed by atoms with van der Waals surface area (Å²) in [5.74, 6) is -0.518. The van der Waals surface area contributed by atoms with Crippen molar-refractivity contribution in [1.82, 2.24) is 13.9 Å². The Morgan fingerprint density at radius 2 is 1.90 bits per heavy atom. The first-order valence-corrected chi connectivity index (χ1v) is 11.7. The minimum atomic E-state index is -3.72. The highest BCUT2D eigenvalue weighted by molar-refractivity contribution is 7.89. The number of aryl methyl sites for hydroxylation is 2. The molecule has 0 aliphatic carbocycles. The lowest BCUT2D eigenvalue weighted by atomic mass is 10.1. The van der Waals surface area contributed by atoms with E-state index in [9.17, 15) is 13.2 Å². The summed E-state index contributed by atoms with van der Waals surface area (Å²) in [5.41, 5.74) is 4.01. The van der Waals surface area contributed by atoms with E-state index in [0.717, 1.165) is 21.1 Å². The molecule has 0 spiro atoms. The molecule has 0 N–H and O–H groups in total. The van der Waals surface area contributed by atoms with Crippen molar-refractivity contribution >= 4 is 32.5 Å². The number of aromatic nitrogens is 2. The molecule has 5 rings (SSSR count). The summed E-state index contributed by atoms with van der Waals surface area (Å²) in [7, 11) is -2.13. The largest absolute Gasteiger partial charge is 0.419 e. The van der Waals surface area contributed by atoms with Gasteiger partial charge in [0.25, 0.3) is 0 Å². The minimum absolute atomic E-state index is 0.121. The van der Waals surface area contributed by atoms with E-state index in [2.05, 4.69) is 0 Å². The van der Waals surface area contributed by atoms with Crippen LogP contribution in [0.2, 0.25) is 0 Å². The Kier molecular flexibility index (Phi) is 4.42. The van der Waals surface area contributed by atoms with Gasteiger partial charge in [-0.3, -0.25) is 4.57 Å². The summed E-state index contributed by atoms with van der Waals surface area (Å²) < 4.78 is 34.4. The van der Waals surface area contributed by atoms with Crippen LogP contribution < -0.4 is 5.76 Å². The van der Waals surface area contributed by atoms with Crippen molar-refractivity contribution < 1.29 is 12.8 Å². The Labute approximate surface area is 177 Å². The van der Waals surface area contributed by atoms with E-state index < -0.39 is 15.8 Å². The van der Waals surface area contributed by atoms with E-state index in [1.807, 2.05) is 31.2 Å². The zero-order valence-electron chi connectivity index (χ0n) is 16.5. The zero-order chi connectivity index (χ0) is 21.0. The number of oxazole rings is 1. The monoisotopic (exact) mass is 441 g/mol. The molecule has 0 saturated carbocycles. The van der Waals surface area contributed by atoms with Gasteiger partial charge >= 0.3 is 5.76 Å². The van der Waals surface area contributed by atoms with Gasteiger partial charge in [0.2, 0.25) is 10.0 Å². The lowest BCUT2D eigenvalue weighted by molar-refractivity contribution is 0.393. The van der Waals surface area contributed by atoms with Gasteiger partial charge in [0.1, 0.15) is 5.01 Å². The second-order valence-electron chi connectivity index (χ2n) is 7.40. The van der Waals surface area contributed by atoms with Crippen LogP contribution in [0.3, 0.4) is 0 Å². The van der Waals surface area contributed by atoms with E-state index in [0.29, 0.717) is 18.5 Å². The fourth-order valence-corrected chi connectivity index (χ4v) is 6.26. The molecule has 0 bridgehead atoms. The summed E-state index contributed by atoms with van der Waals surface area (Å²) in [6.07, 6.45) is 0.569. The van der Waals surface area contributed by atoms with Crippen molar-refractivity contribution in [2.75, 3.05) is 6.54 Å². The normalized spacial score (nSPS) is 14.9. The van der Waals surface area contributed by atoms with Crippen LogP contribution in [0.1, 0.15) is 16.1 Å². The van der Waals surface area contributed by atoms with Crippen LogP contribution in [0.25, 0.3) is 21.7 Å². The van der Waals surface area contributed by atoms with Crippen molar-refractivity contribution in [3.05, 3.63) is 69.1 Å². The maximum absolute atomic E-state index is 13.2. The fourth-order valence-electron chi connectivity index (χ4n) is 3.62. The number of sulfonamides is 1. The number of nitrogens with zero attached hydrogens (tertiary/aromatic N) is 3. The van der Waals surface area contributed by atoms with E-state index in [-0.39, 0.29) is 17.0 Å². The van der Waals surface area contributed by atoms with Crippen LogP contribution in [0.4, 0.5) is 0 Å². The van der Waals surface area contributed by atoms with Crippen LogP contribution in [0.15, 0.2) is 56.6 Å². The maximum atomic E-state index is 13.2. The standard InChI is InChI=1S/C21H19N3O4S2/c1-13-3-5-14(6-4-13)20-22-16-9-10-24(12-19(16)29-20)30(26,27)15-7-8-17-18(11-15)28-21(25)23(17)2/h3-8,11H,9-10,12H2,1-2H3. The summed E-state index contributed by atoms with van der Waals surface area (Å²) >= 11 is 1.54. The first-order valence-electron chi connectivity index (χ1n) is 9.48. The molecule has 30 heavy (non-hydrogen) atoms. The molecule has 2 aromatic carbocycles. The highest BCUT2D eigenvalue weighted by Gasteiger charge is 2.31. The molecule has 1 aliphatic heterocycles. The van der Waals surface area contributed by atoms with Crippen LogP contribution in [0, 0.1) is 6.92 Å².